The van der Waals surface area contributed by atoms with Crippen LogP contribution in [0.2, 0.25) is 0 Å². The highest BCUT2D eigenvalue weighted by atomic mass is 32.1. The van der Waals surface area contributed by atoms with Crippen molar-refractivity contribution in [2.75, 3.05) is 0 Å². The number of thiazole rings is 1. The van der Waals surface area contributed by atoms with Gasteiger partial charge in [0.05, 0.1) is 5.01 Å². The van der Waals surface area contributed by atoms with Gasteiger partial charge in [-0.2, -0.15) is 0 Å². The van der Waals surface area contributed by atoms with Crippen LogP contribution in [-0.2, 0) is 22.4 Å². The lowest BCUT2D eigenvalue weighted by atomic mass is 10.1. The maximum atomic E-state index is 11.9. The smallest absolute Gasteiger partial charge is 0.326 e. The van der Waals surface area contributed by atoms with Gasteiger partial charge in [0.25, 0.3) is 0 Å². The van der Waals surface area contributed by atoms with Crippen LogP contribution in [0.25, 0.3) is 0 Å². The SMILES string of the molecule is O=C(CCCc1nccs1)N[C@@H](Cc1ccccc1)C(=O)O. The molecule has 0 aliphatic carbocycles. The summed E-state index contributed by atoms with van der Waals surface area (Å²) in [6.07, 6.45) is 3.73. The van der Waals surface area contributed by atoms with Gasteiger partial charge in [-0.3, -0.25) is 4.79 Å². The van der Waals surface area contributed by atoms with E-state index in [1.165, 1.54) is 0 Å². The number of carbonyl (C=O) groups is 2. The van der Waals surface area contributed by atoms with Crippen LogP contribution in [0.4, 0.5) is 0 Å². The topological polar surface area (TPSA) is 79.3 Å². The van der Waals surface area contributed by atoms with Crippen molar-refractivity contribution in [2.24, 2.45) is 0 Å². The molecule has 2 N–H and O–H groups in total. The molecule has 116 valence electrons. The Balaban J connectivity index is 1.80. The highest BCUT2D eigenvalue weighted by Crippen LogP contribution is 2.09. The molecule has 0 saturated carbocycles. The minimum atomic E-state index is -1.02. The van der Waals surface area contributed by atoms with E-state index in [4.69, 9.17) is 0 Å². The number of benzene rings is 1. The van der Waals surface area contributed by atoms with Gasteiger partial charge in [0.15, 0.2) is 0 Å². The molecule has 0 spiro atoms. The van der Waals surface area contributed by atoms with E-state index < -0.39 is 12.0 Å². The van der Waals surface area contributed by atoms with E-state index in [0.717, 1.165) is 17.0 Å². The third-order valence-corrected chi connectivity index (χ3v) is 4.03. The Kier molecular flexibility index (Phi) is 6.09. The molecule has 0 fully saturated rings. The summed E-state index contributed by atoms with van der Waals surface area (Å²) in [5, 5.41) is 14.7. The summed E-state index contributed by atoms with van der Waals surface area (Å²) in [6, 6.07) is 8.38. The minimum absolute atomic E-state index is 0.236. The molecule has 1 heterocycles. The standard InChI is InChI=1S/C16H18N2O3S/c19-14(7-4-8-15-17-9-10-22-15)18-13(16(20)21)11-12-5-2-1-3-6-12/h1-3,5-6,9-10,13H,4,7-8,11H2,(H,18,19)(H,20,21)/t13-/m0/s1. The quantitative estimate of drug-likeness (QED) is 0.782. The van der Waals surface area contributed by atoms with Crippen LogP contribution in [0, 0.1) is 0 Å². The molecule has 0 bridgehead atoms. The maximum absolute atomic E-state index is 11.9. The number of aliphatic carboxylic acids is 1. The van der Waals surface area contributed by atoms with Crippen molar-refractivity contribution in [1.29, 1.82) is 0 Å². The molecule has 1 atom stereocenters. The Bertz CT molecular complexity index is 599. The Labute approximate surface area is 133 Å². The van der Waals surface area contributed by atoms with Crippen LogP contribution < -0.4 is 5.32 Å². The van der Waals surface area contributed by atoms with E-state index in [1.54, 1.807) is 17.5 Å². The van der Waals surface area contributed by atoms with Crippen LogP contribution in [0.5, 0.6) is 0 Å². The zero-order valence-corrected chi connectivity index (χ0v) is 12.9. The second kappa shape index (κ2) is 8.29. The van der Waals surface area contributed by atoms with Crippen molar-refractivity contribution in [2.45, 2.75) is 31.7 Å². The summed E-state index contributed by atoms with van der Waals surface area (Å²) in [7, 11) is 0. The first-order valence-electron chi connectivity index (χ1n) is 7.09. The van der Waals surface area contributed by atoms with Crippen LogP contribution in [0.15, 0.2) is 41.9 Å². The molecule has 2 aromatic rings. The number of hydrogen-bond acceptors (Lipinski definition) is 4. The first-order valence-corrected chi connectivity index (χ1v) is 7.97. The van der Waals surface area contributed by atoms with Crippen molar-refractivity contribution in [1.82, 2.24) is 10.3 Å². The number of nitrogens with zero attached hydrogens (tertiary/aromatic N) is 1. The predicted molar refractivity (Wildman–Crippen MR) is 84.8 cm³/mol. The summed E-state index contributed by atoms with van der Waals surface area (Å²) < 4.78 is 0. The zero-order chi connectivity index (χ0) is 15.8. The average Bonchev–Trinajstić information content (AvgIpc) is 3.01. The molecule has 22 heavy (non-hydrogen) atoms. The van der Waals surface area contributed by atoms with E-state index in [2.05, 4.69) is 10.3 Å². The number of carbonyl (C=O) groups excluding carboxylic acids is 1. The van der Waals surface area contributed by atoms with Gasteiger partial charge in [-0.15, -0.1) is 11.3 Å². The Hall–Kier alpha value is -2.21. The highest BCUT2D eigenvalue weighted by Gasteiger charge is 2.20. The summed E-state index contributed by atoms with van der Waals surface area (Å²) in [6.45, 7) is 0. The number of amides is 1. The number of aryl methyl sites for hydroxylation is 1. The van der Waals surface area contributed by atoms with Gasteiger partial charge in [0.2, 0.25) is 5.91 Å². The fourth-order valence-electron chi connectivity index (χ4n) is 2.09. The number of rotatable bonds is 8. The first-order chi connectivity index (χ1) is 10.6. The number of carboxylic acids is 1. The van der Waals surface area contributed by atoms with Gasteiger partial charge in [0, 0.05) is 24.4 Å². The lowest BCUT2D eigenvalue weighted by Crippen LogP contribution is -2.42. The molecule has 1 aromatic carbocycles. The summed E-state index contributed by atoms with van der Waals surface area (Å²) in [4.78, 5) is 27.3. The Morgan fingerprint density at radius 2 is 2.05 bits per heavy atom. The fraction of sp³-hybridized carbons (Fsp3) is 0.312. The van der Waals surface area contributed by atoms with Crippen LogP contribution in [0.1, 0.15) is 23.4 Å². The van der Waals surface area contributed by atoms with E-state index in [0.29, 0.717) is 12.8 Å². The van der Waals surface area contributed by atoms with E-state index in [-0.39, 0.29) is 12.3 Å². The predicted octanol–water partition coefficient (Wildman–Crippen LogP) is 2.28. The van der Waals surface area contributed by atoms with Crippen molar-refractivity contribution in [3.8, 4) is 0 Å². The maximum Gasteiger partial charge on any atom is 0.326 e. The molecule has 0 radical (unpaired) electrons. The molecule has 1 amide bonds. The summed E-state index contributed by atoms with van der Waals surface area (Å²) in [5.41, 5.74) is 0.887. The third kappa shape index (κ3) is 5.29. The molecule has 6 heteroatoms. The lowest BCUT2D eigenvalue weighted by Gasteiger charge is -2.14. The summed E-state index contributed by atoms with van der Waals surface area (Å²) in [5.74, 6) is -1.25. The van der Waals surface area contributed by atoms with Gasteiger partial charge in [-0.25, -0.2) is 9.78 Å². The van der Waals surface area contributed by atoms with E-state index in [1.807, 2.05) is 35.7 Å². The third-order valence-electron chi connectivity index (χ3n) is 3.19. The number of nitrogens with one attached hydrogen (secondary N) is 1. The van der Waals surface area contributed by atoms with Gasteiger partial charge in [0.1, 0.15) is 6.04 Å². The van der Waals surface area contributed by atoms with Gasteiger partial charge >= 0.3 is 5.97 Å². The molecule has 0 aliphatic rings. The number of hydrogen-bond donors (Lipinski definition) is 2. The normalized spacial score (nSPS) is 11.8. The highest BCUT2D eigenvalue weighted by molar-refractivity contribution is 7.09. The van der Waals surface area contributed by atoms with Crippen molar-refractivity contribution in [3.63, 3.8) is 0 Å². The molecule has 0 saturated heterocycles. The number of carboxylic acid groups (broad SMARTS) is 1. The van der Waals surface area contributed by atoms with Crippen LogP contribution >= 0.6 is 11.3 Å². The van der Waals surface area contributed by atoms with E-state index in [9.17, 15) is 14.7 Å². The van der Waals surface area contributed by atoms with Gasteiger partial charge < -0.3 is 10.4 Å². The molecular weight excluding hydrogens is 300 g/mol. The van der Waals surface area contributed by atoms with Crippen LogP contribution in [-0.4, -0.2) is 28.0 Å². The Morgan fingerprint density at radius 1 is 1.27 bits per heavy atom. The second-order valence-corrected chi connectivity index (χ2v) is 5.91. The molecule has 1 aromatic heterocycles. The molecular formula is C16H18N2O3S. The minimum Gasteiger partial charge on any atom is -0.480 e. The molecule has 5 nitrogen and oxygen atoms in total. The molecule has 0 unspecified atom stereocenters. The molecule has 0 aliphatic heterocycles. The van der Waals surface area contributed by atoms with Crippen LogP contribution in [0.3, 0.4) is 0 Å². The second-order valence-electron chi connectivity index (χ2n) is 4.93. The van der Waals surface area contributed by atoms with E-state index >= 15 is 0 Å². The van der Waals surface area contributed by atoms with Gasteiger partial charge in [-0.05, 0) is 18.4 Å². The van der Waals surface area contributed by atoms with Gasteiger partial charge in [-0.1, -0.05) is 30.3 Å². The lowest BCUT2D eigenvalue weighted by molar-refractivity contribution is -0.141. The van der Waals surface area contributed by atoms with Crippen molar-refractivity contribution < 1.29 is 14.7 Å². The van der Waals surface area contributed by atoms with Crippen molar-refractivity contribution in [3.05, 3.63) is 52.5 Å². The Morgan fingerprint density at radius 3 is 2.68 bits per heavy atom. The number of aromatic nitrogens is 1. The largest absolute Gasteiger partial charge is 0.480 e. The monoisotopic (exact) mass is 318 g/mol. The summed E-state index contributed by atoms with van der Waals surface area (Å²) >= 11 is 1.56. The molecule has 2 rings (SSSR count). The zero-order valence-electron chi connectivity index (χ0n) is 12.1. The van der Waals surface area contributed by atoms with Crippen molar-refractivity contribution >= 4 is 23.2 Å². The average molecular weight is 318 g/mol. The fourth-order valence-corrected chi connectivity index (χ4v) is 2.76. The first kappa shape index (κ1) is 16.2.